The van der Waals surface area contributed by atoms with Gasteiger partial charge in [-0.3, -0.25) is 30.6 Å². The first-order valence-corrected chi connectivity index (χ1v) is 5.70. The molecule has 0 aliphatic carbocycles. The highest BCUT2D eigenvalue weighted by Gasteiger charge is 2.18. The summed E-state index contributed by atoms with van der Waals surface area (Å²) < 4.78 is 0. The fourth-order valence-corrected chi connectivity index (χ4v) is 1.51. The van der Waals surface area contributed by atoms with Crippen molar-refractivity contribution in [3.05, 3.63) is 68.5 Å². The highest BCUT2D eigenvalue weighted by Crippen LogP contribution is 2.28. The number of hydrogen-bond acceptors (Lipinski definition) is 7. The summed E-state index contributed by atoms with van der Waals surface area (Å²) >= 11 is 0. The molecule has 0 radical (unpaired) electrons. The fraction of sp³-hybridized carbons (Fsp3) is 0. The van der Waals surface area contributed by atoms with Crippen molar-refractivity contribution in [2.75, 3.05) is 5.43 Å². The van der Waals surface area contributed by atoms with Gasteiger partial charge < -0.3 is 0 Å². The molecule has 21 heavy (non-hydrogen) atoms. The quantitative estimate of drug-likeness (QED) is 0.511. The zero-order valence-corrected chi connectivity index (χ0v) is 10.5. The number of pyridine rings is 1. The lowest BCUT2D eigenvalue weighted by molar-refractivity contribution is -0.393. The Hall–Kier alpha value is -3.36. The molecule has 1 heterocycles. The predicted octanol–water partition coefficient (Wildman–Crippen LogP) is 2.34. The number of nitrogens with zero attached hydrogens (tertiary/aromatic N) is 4. The van der Waals surface area contributed by atoms with E-state index in [0.717, 1.165) is 17.7 Å². The number of hydrogen-bond donors (Lipinski definition) is 1. The highest BCUT2D eigenvalue weighted by atomic mass is 16.6. The lowest BCUT2D eigenvalue weighted by atomic mass is 10.2. The van der Waals surface area contributed by atoms with E-state index in [4.69, 9.17) is 0 Å². The van der Waals surface area contributed by atoms with E-state index in [1.807, 2.05) is 0 Å². The van der Waals surface area contributed by atoms with Crippen LogP contribution in [-0.2, 0) is 0 Å². The summed E-state index contributed by atoms with van der Waals surface area (Å²) in [6.45, 7) is 0. The summed E-state index contributed by atoms with van der Waals surface area (Å²) in [6.07, 6.45) is 4.61. The van der Waals surface area contributed by atoms with Crippen molar-refractivity contribution in [2.45, 2.75) is 0 Å². The third kappa shape index (κ3) is 3.56. The normalized spacial score (nSPS) is 10.5. The first-order chi connectivity index (χ1) is 10.1. The van der Waals surface area contributed by atoms with Crippen LogP contribution in [0.4, 0.5) is 17.1 Å². The number of hydrazone groups is 1. The second kappa shape index (κ2) is 6.19. The summed E-state index contributed by atoms with van der Waals surface area (Å²) in [5, 5.41) is 25.4. The molecule has 0 fully saturated rings. The van der Waals surface area contributed by atoms with E-state index in [1.165, 1.54) is 12.3 Å². The number of benzene rings is 1. The van der Waals surface area contributed by atoms with Crippen LogP contribution >= 0.6 is 0 Å². The summed E-state index contributed by atoms with van der Waals surface area (Å²) in [5.41, 5.74) is 2.54. The summed E-state index contributed by atoms with van der Waals surface area (Å²) in [4.78, 5) is 24.0. The molecule has 0 aliphatic rings. The zero-order chi connectivity index (χ0) is 15.2. The molecule has 0 aliphatic heterocycles. The van der Waals surface area contributed by atoms with Gasteiger partial charge in [-0.05, 0) is 23.8 Å². The second-order valence-electron chi connectivity index (χ2n) is 3.87. The Morgan fingerprint density at radius 3 is 2.43 bits per heavy atom. The maximum Gasteiger partial charge on any atom is 0.301 e. The van der Waals surface area contributed by atoms with Crippen LogP contribution in [0.15, 0.2) is 47.8 Å². The van der Waals surface area contributed by atoms with Crippen molar-refractivity contribution >= 4 is 23.3 Å². The van der Waals surface area contributed by atoms with Gasteiger partial charge in [-0.2, -0.15) is 5.10 Å². The van der Waals surface area contributed by atoms with E-state index >= 15 is 0 Å². The van der Waals surface area contributed by atoms with Crippen LogP contribution in [0.2, 0.25) is 0 Å². The monoisotopic (exact) mass is 287 g/mol. The standard InChI is InChI=1S/C12H9N5O4/c18-16(19)10-1-2-11(12(7-10)17(20)21)15-14-8-9-3-5-13-6-4-9/h1-8,15H/b14-8-. The summed E-state index contributed by atoms with van der Waals surface area (Å²) in [6, 6.07) is 6.69. The minimum Gasteiger partial charge on any atom is -0.272 e. The molecule has 0 saturated heterocycles. The van der Waals surface area contributed by atoms with Crippen molar-refractivity contribution in [1.29, 1.82) is 0 Å². The Morgan fingerprint density at radius 2 is 1.81 bits per heavy atom. The molecule has 1 N–H and O–H groups in total. The van der Waals surface area contributed by atoms with Crippen LogP contribution in [-0.4, -0.2) is 21.0 Å². The van der Waals surface area contributed by atoms with Gasteiger partial charge in [0.2, 0.25) is 0 Å². The molecule has 0 unspecified atom stereocenters. The fourth-order valence-electron chi connectivity index (χ4n) is 1.51. The number of nitrogens with one attached hydrogen (secondary N) is 1. The summed E-state index contributed by atoms with van der Waals surface area (Å²) in [5.74, 6) is 0. The molecule has 0 atom stereocenters. The minimum absolute atomic E-state index is 0.0657. The van der Waals surface area contributed by atoms with Gasteiger partial charge in [-0.15, -0.1) is 0 Å². The van der Waals surface area contributed by atoms with Crippen LogP contribution in [0.5, 0.6) is 0 Å². The number of non-ortho nitro benzene ring substituents is 1. The molecule has 0 saturated carbocycles. The van der Waals surface area contributed by atoms with Gasteiger partial charge in [0, 0.05) is 18.5 Å². The van der Waals surface area contributed by atoms with Crippen LogP contribution < -0.4 is 5.43 Å². The van der Waals surface area contributed by atoms with Crippen LogP contribution in [0.3, 0.4) is 0 Å². The summed E-state index contributed by atoms with van der Waals surface area (Å²) in [7, 11) is 0. The second-order valence-corrected chi connectivity index (χ2v) is 3.87. The Labute approximate surface area is 118 Å². The van der Waals surface area contributed by atoms with Gasteiger partial charge in [-0.25, -0.2) is 0 Å². The average Bonchev–Trinajstić information content (AvgIpc) is 2.48. The molecule has 1 aromatic carbocycles. The lowest BCUT2D eigenvalue weighted by Crippen LogP contribution is -1.98. The molecule has 106 valence electrons. The first-order valence-electron chi connectivity index (χ1n) is 5.70. The van der Waals surface area contributed by atoms with E-state index < -0.39 is 15.5 Å². The Morgan fingerprint density at radius 1 is 1.10 bits per heavy atom. The third-order valence-corrected chi connectivity index (χ3v) is 2.49. The topological polar surface area (TPSA) is 124 Å². The van der Waals surface area contributed by atoms with E-state index in [-0.39, 0.29) is 11.4 Å². The lowest BCUT2D eigenvalue weighted by Gasteiger charge is -2.01. The molecule has 0 bridgehead atoms. The van der Waals surface area contributed by atoms with Crippen molar-refractivity contribution in [3.8, 4) is 0 Å². The maximum absolute atomic E-state index is 10.9. The Bertz CT molecular complexity index is 702. The Kier molecular flexibility index (Phi) is 4.14. The van der Waals surface area contributed by atoms with Gasteiger partial charge in [0.15, 0.2) is 0 Å². The molecule has 2 rings (SSSR count). The highest BCUT2D eigenvalue weighted by molar-refractivity contribution is 5.80. The van der Waals surface area contributed by atoms with Crippen LogP contribution in [0.1, 0.15) is 5.56 Å². The van der Waals surface area contributed by atoms with Crippen molar-refractivity contribution < 1.29 is 9.85 Å². The SMILES string of the molecule is O=[N+]([O-])c1ccc(N/N=C\c2ccncc2)c([N+](=O)[O-])c1. The van der Waals surface area contributed by atoms with Crippen LogP contribution in [0.25, 0.3) is 0 Å². The minimum atomic E-state index is -0.711. The molecule has 9 nitrogen and oxygen atoms in total. The van der Waals surface area contributed by atoms with Gasteiger partial charge in [0.1, 0.15) is 5.69 Å². The number of nitro benzene ring substituents is 2. The van der Waals surface area contributed by atoms with Crippen LogP contribution in [0, 0.1) is 20.2 Å². The number of rotatable bonds is 5. The smallest absolute Gasteiger partial charge is 0.272 e. The van der Waals surface area contributed by atoms with E-state index in [2.05, 4.69) is 15.5 Å². The molecular formula is C12H9N5O4. The van der Waals surface area contributed by atoms with Gasteiger partial charge in [-0.1, -0.05) is 0 Å². The van der Waals surface area contributed by atoms with E-state index in [1.54, 1.807) is 24.5 Å². The number of anilines is 1. The average molecular weight is 287 g/mol. The maximum atomic E-state index is 10.9. The van der Waals surface area contributed by atoms with Crippen molar-refractivity contribution in [2.24, 2.45) is 5.10 Å². The third-order valence-electron chi connectivity index (χ3n) is 2.49. The molecule has 0 spiro atoms. The predicted molar refractivity (Wildman–Crippen MR) is 75.2 cm³/mol. The van der Waals surface area contributed by atoms with E-state index in [0.29, 0.717) is 0 Å². The van der Waals surface area contributed by atoms with Gasteiger partial charge in [0.25, 0.3) is 5.69 Å². The first kappa shape index (κ1) is 14.1. The molecule has 0 amide bonds. The number of aromatic nitrogens is 1. The molecule has 1 aromatic heterocycles. The number of nitro groups is 2. The van der Waals surface area contributed by atoms with Crippen molar-refractivity contribution in [3.63, 3.8) is 0 Å². The van der Waals surface area contributed by atoms with Crippen molar-refractivity contribution in [1.82, 2.24) is 4.98 Å². The Balaban J connectivity index is 2.22. The van der Waals surface area contributed by atoms with Gasteiger partial charge >= 0.3 is 5.69 Å². The molecule has 2 aromatic rings. The zero-order valence-electron chi connectivity index (χ0n) is 10.5. The van der Waals surface area contributed by atoms with Gasteiger partial charge in [0.05, 0.1) is 22.1 Å². The van der Waals surface area contributed by atoms with E-state index in [9.17, 15) is 20.2 Å². The molecule has 9 heteroatoms. The largest absolute Gasteiger partial charge is 0.301 e. The molecular weight excluding hydrogens is 278 g/mol.